The van der Waals surface area contributed by atoms with Crippen LogP contribution in [-0.2, 0) is 11.3 Å². The molecule has 1 atom stereocenters. The second kappa shape index (κ2) is 7.93. The first-order chi connectivity index (χ1) is 13.2. The summed E-state index contributed by atoms with van der Waals surface area (Å²) in [4.78, 5) is 14.2. The molecule has 27 heavy (non-hydrogen) atoms. The fraction of sp³-hybridized carbons (Fsp3) is 0.474. The van der Waals surface area contributed by atoms with Gasteiger partial charge in [0.25, 0.3) is 0 Å². The molecule has 1 fully saturated rings. The van der Waals surface area contributed by atoms with E-state index in [2.05, 4.69) is 33.2 Å². The average Bonchev–Trinajstić information content (AvgIpc) is 3.04. The predicted molar refractivity (Wildman–Crippen MR) is 107 cm³/mol. The standard InChI is InChI=1S/C19H25N5O2S/c1-23-7-8-24(11-14(23)5-9-26-2)18-16-13(4-3-6-20-16)10-21-19-17(18)22-15(12-25)27-19/h3-4,6,10,14,21,25H,5,7-9,11-12H2,1-2H3. The van der Waals surface area contributed by atoms with Crippen LogP contribution in [-0.4, -0.2) is 71.3 Å². The molecule has 2 aromatic rings. The van der Waals surface area contributed by atoms with Crippen molar-refractivity contribution in [2.45, 2.75) is 19.1 Å². The number of likely N-dealkylation sites (N-methyl/N-ethyl adjacent to an activating group) is 1. The number of rotatable bonds is 5. The second-order valence-corrected chi connectivity index (χ2v) is 7.97. The number of aliphatic hydroxyl groups excluding tert-OH is 1. The minimum absolute atomic E-state index is 0.0547. The number of ether oxygens (including phenoxy) is 1. The highest BCUT2D eigenvalue weighted by Crippen LogP contribution is 2.32. The van der Waals surface area contributed by atoms with Crippen LogP contribution in [0.2, 0.25) is 0 Å². The highest BCUT2D eigenvalue weighted by molar-refractivity contribution is 7.16. The molecule has 4 rings (SSSR count). The molecule has 7 nitrogen and oxygen atoms in total. The number of methoxy groups -OCH3 is 1. The molecule has 0 bridgehead atoms. The van der Waals surface area contributed by atoms with Crippen molar-refractivity contribution in [3.63, 3.8) is 0 Å². The Bertz CT molecular complexity index is 928. The molecule has 0 aliphatic carbocycles. The molecule has 0 saturated carbocycles. The fourth-order valence-corrected chi connectivity index (χ4v) is 4.49. The van der Waals surface area contributed by atoms with E-state index in [0.29, 0.717) is 11.0 Å². The Hall–Kier alpha value is -2.00. The lowest BCUT2D eigenvalue weighted by molar-refractivity contribution is 0.0959. The van der Waals surface area contributed by atoms with Gasteiger partial charge in [-0.05, 0) is 25.6 Å². The third-order valence-electron chi connectivity index (χ3n) is 5.20. The minimum atomic E-state index is -0.0547. The van der Waals surface area contributed by atoms with Crippen LogP contribution in [0.1, 0.15) is 17.1 Å². The van der Waals surface area contributed by atoms with Gasteiger partial charge in [-0.25, -0.2) is 4.98 Å². The Morgan fingerprint density at radius 3 is 3.11 bits per heavy atom. The first-order valence-corrected chi connectivity index (χ1v) is 10.00. The van der Waals surface area contributed by atoms with E-state index in [1.807, 2.05) is 18.5 Å². The molecule has 0 radical (unpaired) electrons. The van der Waals surface area contributed by atoms with Gasteiger partial charge < -0.3 is 20.1 Å². The van der Waals surface area contributed by atoms with Crippen LogP contribution in [0.4, 0.5) is 5.00 Å². The summed E-state index contributed by atoms with van der Waals surface area (Å²) >= 11 is 1.49. The van der Waals surface area contributed by atoms with Crippen molar-refractivity contribution in [2.75, 3.05) is 45.7 Å². The van der Waals surface area contributed by atoms with Crippen molar-refractivity contribution in [3.05, 3.63) is 39.6 Å². The van der Waals surface area contributed by atoms with Gasteiger partial charge in [0.15, 0.2) is 0 Å². The maximum absolute atomic E-state index is 9.57. The van der Waals surface area contributed by atoms with Gasteiger partial charge in [0, 0.05) is 57.0 Å². The van der Waals surface area contributed by atoms with Crippen molar-refractivity contribution in [3.8, 4) is 0 Å². The second-order valence-electron chi connectivity index (χ2n) is 6.88. The Balaban J connectivity index is 1.81. The zero-order valence-corrected chi connectivity index (χ0v) is 16.5. The molecule has 0 amide bonds. The van der Waals surface area contributed by atoms with E-state index in [1.165, 1.54) is 11.3 Å². The summed E-state index contributed by atoms with van der Waals surface area (Å²) in [7, 11) is 3.93. The van der Waals surface area contributed by atoms with Crippen molar-refractivity contribution in [1.29, 1.82) is 0 Å². The van der Waals surface area contributed by atoms with Gasteiger partial charge in [0.05, 0.1) is 17.7 Å². The number of piperazine rings is 1. The van der Waals surface area contributed by atoms with Crippen molar-refractivity contribution >= 4 is 28.2 Å². The van der Waals surface area contributed by atoms with Crippen molar-refractivity contribution < 1.29 is 9.84 Å². The summed E-state index contributed by atoms with van der Waals surface area (Å²) in [6, 6.07) is 4.43. The van der Waals surface area contributed by atoms with Gasteiger partial charge in [0.2, 0.25) is 0 Å². The van der Waals surface area contributed by atoms with E-state index >= 15 is 0 Å². The van der Waals surface area contributed by atoms with Gasteiger partial charge in [-0.1, -0.05) is 11.3 Å². The summed E-state index contributed by atoms with van der Waals surface area (Å²) in [5, 5.41) is 16.6. The van der Waals surface area contributed by atoms with Crippen molar-refractivity contribution in [1.82, 2.24) is 19.8 Å². The van der Waals surface area contributed by atoms with Crippen LogP contribution in [0.3, 0.4) is 0 Å². The largest absolute Gasteiger partial charge is 0.389 e. The number of hydrogen-bond acceptors (Lipinski definition) is 8. The van der Waals surface area contributed by atoms with E-state index in [9.17, 15) is 5.11 Å². The zero-order valence-electron chi connectivity index (χ0n) is 15.7. The summed E-state index contributed by atoms with van der Waals surface area (Å²) in [6.45, 7) is 3.48. The smallest absolute Gasteiger partial charge is 0.124 e. The molecule has 2 aliphatic heterocycles. The Morgan fingerprint density at radius 2 is 2.30 bits per heavy atom. The first kappa shape index (κ1) is 18.4. The monoisotopic (exact) mass is 387 g/mol. The molecular formula is C19H25N5O2S. The molecule has 8 heteroatoms. The normalized spacial score (nSPS) is 19.7. The number of aromatic nitrogens is 2. The van der Waals surface area contributed by atoms with Crippen LogP contribution in [0.5, 0.6) is 0 Å². The molecule has 144 valence electrons. The molecule has 2 aromatic heterocycles. The van der Waals surface area contributed by atoms with Crippen LogP contribution in [0.15, 0.2) is 18.3 Å². The topological polar surface area (TPSA) is 73.8 Å². The van der Waals surface area contributed by atoms with E-state index in [0.717, 1.165) is 59.6 Å². The van der Waals surface area contributed by atoms with E-state index in [4.69, 9.17) is 9.72 Å². The number of thiazole rings is 1. The number of hydrogen-bond donors (Lipinski definition) is 2. The third kappa shape index (κ3) is 3.58. The number of pyridine rings is 1. The van der Waals surface area contributed by atoms with Crippen LogP contribution in [0.25, 0.3) is 11.9 Å². The summed E-state index contributed by atoms with van der Waals surface area (Å²) in [5.41, 5.74) is 1.93. The van der Waals surface area contributed by atoms with E-state index < -0.39 is 0 Å². The average molecular weight is 388 g/mol. The third-order valence-corrected chi connectivity index (χ3v) is 6.17. The van der Waals surface area contributed by atoms with Crippen molar-refractivity contribution in [2.24, 2.45) is 0 Å². The number of aliphatic hydroxyl groups is 1. The van der Waals surface area contributed by atoms with Crippen LogP contribution >= 0.6 is 11.3 Å². The number of anilines is 1. The maximum Gasteiger partial charge on any atom is 0.124 e. The molecule has 0 spiro atoms. The summed E-state index contributed by atoms with van der Waals surface area (Å²) in [5.74, 6) is 0. The summed E-state index contributed by atoms with van der Waals surface area (Å²) < 4.78 is 5.31. The Morgan fingerprint density at radius 1 is 1.41 bits per heavy atom. The molecule has 2 aliphatic rings. The van der Waals surface area contributed by atoms with Gasteiger partial charge in [-0.15, -0.1) is 0 Å². The first-order valence-electron chi connectivity index (χ1n) is 9.18. The fourth-order valence-electron chi connectivity index (χ4n) is 3.69. The SMILES string of the molecule is COCCC1CN(C2=c3ncccc3=CNc3sc(CO)nc32)CCN1C. The molecule has 2 N–H and O–H groups in total. The number of nitrogens with zero attached hydrogens (tertiary/aromatic N) is 4. The molecule has 1 unspecified atom stereocenters. The van der Waals surface area contributed by atoms with Crippen LogP contribution < -0.4 is 15.9 Å². The number of nitrogens with one attached hydrogen (secondary N) is 1. The quantitative estimate of drug-likeness (QED) is 0.748. The number of fused-ring (bicyclic) bond motifs is 2. The highest BCUT2D eigenvalue weighted by Gasteiger charge is 2.29. The maximum atomic E-state index is 9.57. The molecular weight excluding hydrogens is 362 g/mol. The van der Waals surface area contributed by atoms with Gasteiger partial charge in [-0.2, -0.15) is 0 Å². The lowest BCUT2D eigenvalue weighted by atomic mass is 10.1. The highest BCUT2D eigenvalue weighted by atomic mass is 32.1. The predicted octanol–water partition coefficient (Wildman–Crippen LogP) is 0.00290. The lowest BCUT2D eigenvalue weighted by Crippen LogP contribution is -2.52. The molecule has 0 aromatic carbocycles. The van der Waals surface area contributed by atoms with E-state index in [-0.39, 0.29) is 6.61 Å². The molecule has 1 saturated heterocycles. The van der Waals surface area contributed by atoms with E-state index in [1.54, 1.807) is 7.11 Å². The minimum Gasteiger partial charge on any atom is -0.389 e. The van der Waals surface area contributed by atoms with Gasteiger partial charge in [-0.3, -0.25) is 9.88 Å². The Kier molecular flexibility index (Phi) is 5.40. The molecule has 4 heterocycles. The lowest BCUT2D eigenvalue weighted by Gasteiger charge is -2.41. The van der Waals surface area contributed by atoms with Gasteiger partial charge >= 0.3 is 0 Å². The summed E-state index contributed by atoms with van der Waals surface area (Å²) in [6.07, 6.45) is 4.80. The zero-order chi connectivity index (χ0) is 18.8. The van der Waals surface area contributed by atoms with Crippen LogP contribution in [0, 0.1) is 0 Å². The Labute approximate surface area is 162 Å². The van der Waals surface area contributed by atoms with Gasteiger partial charge in [0.1, 0.15) is 15.7 Å².